The Balaban J connectivity index is 1.68. The van der Waals surface area contributed by atoms with E-state index in [0.717, 1.165) is 27.5 Å². The molecule has 1 atom stereocenters. The summed E-state index contributed by atoms with van der Waals surface area (Å²) in [6.45, 7) is 5.81. The average molecular weight is 481 g/mol. The molecule has 156 valence electrons. The number of carbonyl (C=O) groups is 1. The number of nitrogens with one attached hydrogen (secondary N) is 1. The van der Waals surface area contributed by atoms with Crippen molar-refractivity contribution in [2.45, 2.75) is 30.9 Å². The molecule has 0 spiro atoms. The number of carbonyl (C=O) groups excluding carboxylic acids is 1. The molecule has 2 aromatic carbocycles. The van der Waals surface area contributed by atoms with E-state index in [1.165, 1.54) is 11.8 Å². The van der Waals surface area contributed by atoms with Gasteiger partial charge in [0, 0.05) is 32.6 Å². The lowest BCUT2D eigenvalue weighted by molar-refractivity contribution is -0.120. The smallest absolute Gasteiger partial charge is 0.253 e. The van der Waals surface area contributed by atoms with Gasteiger partial charge in [-0.3, -0.25) is 4.79 Å². The van der Waals surface area contributed by atoms with Crippen LogP contribution in [0.1, 0.15) is 23.9 Å². The van der Waals surface area contributed by atoms with Gasteiger partial charge in [0.1, 0.15) is 0 Å². The normalized spacial score (nSPS) is 12.3. The summed E-state index contributed by atoms with van der Waals surface area (Å²) in [5.41, 5.74) is 6.42. The minimum absolute atomic E-state index is 0.176. The van der Waals surface area contributed by atoms with Crippen LogP contribution in [0.2, 0.25) is 15.1 Å². The van der Waals surface area contributed by atoms with Gasteiger partial charge in [0.15, 0.2) is 0 Å². The molecule has 1 aromatic heterocycles. The Morgan fingerprint density at radius 1 is 1.07 bits per heavy atom. The van der Waals surface area contributed by atoms with Gasteiger partial charge >= 0.3 is 0 Å². The molecule has 0 fully saturated rings. The van der Waals surface area contributed by atoms with E-state index >= 15 is 0 Å². The van der Waals surface area contributed by atoms with Crippen LogP contribution in [0.5, 0.6) is 0 Å². The van der Waals surface area contributed by atoms with Crippen LogP contribution in [0.3, 0.4) is 0 Å². The maximum Gasteiger partial charge on any atom is 0.253 e. The third-order valence-electron chi connectivity index (χ3n) is 4.51. The second-order valence-corrected chi connectivity index (χ2v) is 9.37. The Labute approximate surface area is 195 Å². The van der Waals surface area contributed by atoms with E-state index in [2.05, 4.69) is 15.1 Å². The van der Waals surface area contributed by atoms with Gasteiger partial charge in [0.25, 0.3) is 5.91 Å². The van der Waals surface area contributed by atoms with Crippen LogP contribution in [0, 0.1) is 13.8 Å². The maximum absolute atomic E-state index is 12.3. The number of thioether (sulfide) groups is 1. The third-order valence-corrected chi connectivity index (χ3v) is 6.61. The third kappa shape index (κ3) is 5.41. The fraction of sp³-hybridized carbons (Fsp3) is 0.182. The summed E-state index contributed by atoms with van der Waals surface area (Å²) in [6.07, 6.45) is 1.65. The number of amides is 1. The molecule has 4 nitrogen and oxygen atoms in total. The molecule has 0 saturated carbocycles. The van der Waals surface area contributed by atoms with Crippen LogP contribution in [0.15, 0.2) is 58.5 Å². The second-order valence-electron chi connectivity index (χ2n) is 6.71. The molecule has 0 bridgehead atoms. The van der Waals surface area contributed by atoms with Gasteiger partial charge in [-0.05, 0) is 69.3 Å². The molecule has 30 heavy (non-hydrogen) atoms. The van der Waals surface area contributed by atoms with Gasteiger partial charge in [-0.2, -0.15) is 5.10 Å². The zero-order valence-electron chi connectivity index (χ0n) is 16.6. The van der Waals surface area contributed by atoms with Crippen molar-refractivity contribution in [3.63, 3.8) is 0 Å². The molecule has 1 unspecified atom stereocenters. The number of hydrogen-bond donors (Lipinski definition) is 1. The first-order chi connectivity index (χ1) is 14.3. The highest BCUT2D eigenvalue weighted by Crippen LogP contribution is 2.27. The van der Waals surface area contributed by atoms with E-state index in [4.69, 9.17) is 34.8 Å². The molecule has 1 heterocycles. The fourth-order valence-electron chi connectivity index (χ4n) is 2.97. The quantitative estimate of drug-likeness (QED) is 0.243. The summed E-state index contributed by atoms with van der Waals surface area (Å²) in [4.78, 5) is 13.3. The molecular formula is C22H20Cl3N3OS. The van der Waals surface area contributed by atoms with Crippen LogP contribution in [0.25, 0.3) is 5.69 Å². The highest BCUT2D eigenvalue weighted by Gasteiger charge is 2.14. The molecule has 0 radical (unpaired) electrons. The first-order valence-corrected chi connectivity index (χ1v) is 11.2. The highest BCUT2D eigenvalue weighted by atomic mass is 35.5. The summed E-state index contributed by atoms with van der Waals surface area (Å²) in [7, 11) is 0. The molecule has 1 amide bonds. The molecular weight excluding hydrogens is 461 g/mol. The van der Waals surface area contributed by atoms with E-state index in [1.807, 2.05) is 51.1 Å². The summed E-state index contributed by atoms with van der Waals surface area (Å²) in [5.74, 6) is -0.176. The Hall–Kier alpha value is -1.92. The molecule has 0 aliphatic carbocycles. The van der Waals surface area contributed by atoms with E-state index in [0.29, 0.717) is 15.1 Å². The van der Waals surface area contributed by atoms with Crippen molar-refractivity contribution in [1.82, 2.24) is 9.99 Å². The average Bonchev–Trinajstić information content (AvgIpc) is 2.99. The first kappa shape index (κ1) is 22.8. The number of rotatable bonds is 6. The Morgan fingerprint density at radius 2 is 1.77 bits per heavy atom. The number of nitrogens with zero attached hydrogens (tertiary/aromatic N) is 2. The molecule has 0 aliphatic rings. The lowest BCUT2D eigenvalue weighted by atomic mass is 10.2. The number of benzene rings is 2. The van der Waals surface area contributed by atoms with Crippen molar-refractivity contribution in [3.05, 3.63) is 80.6 Å². The predicted octanol–water partition coefficient (Wildman–Crippen LogP) is 6.69. The van der Waals surface area contributed by atoms with Gasteiger partial charge in [-0.1, -0.05) is 34.8 Å². The lowest BCUT2D eigenvalue weighted by Crippen LogP contribution is -2.26. The number of aromatic nitrogens is 1. The summed E-state index contributed by atoms with van der Waals surface area (Å²) in [5, 5.41) is 5.52. The summed E-state index contributed by atoms with van der Waals surface area (Å²) in [6, 6.07) is 14.9. The van der Waals surface area contributed by atoms with Crippen molar-refractivity contribution in [2.75, 3.05) is 0 Å². The van der Waals surface area contributed by atoms with Crippen LogP contribution in [0.4, 0.5) is 0 Å². The van der Waals surface area contributed by atoms with Crippen molar-refractivity contribution in [3.8, 4) is 5.69 Å². The largest absolute Gasteiger partial charge is 0.318 e. The van der Waals surface area contributed by atoms with Gasteiger partial charge < -0.3 is 4.57 Å². The van der Waals surface area contributed by atoms with E-state index < -0.39 is 0 Å². The number of halogens is 3. The van der Waals surface area contributed by atoms with Crippen molar-refractivity contribution < 1.29 is 4.79 Å². The topological polar surface area (TPSA) is 46.4 Å². The lowest BCUT2D eigenvalue weighted by Gasteiger charge is -2.10. The SMILES string of the molecule is Cc1cc(/C=N/NC(=O)C(C)Sc2ccc(Cl)cc2)c(C)n1-c1ccc(Cl)c(Cl)c1. The monoisotopic (exact) mass is 479 g/mol. The summed E-state index contributed by atoms with van der Waals surface area (Å²) < 4.78 is 2.06. The number of hydrazone groups is 1. The van der Waals surface area contributed by atoms with E-state index in [-0.39, 0.29) is 11.2 Å². The minimum Gasteiger partial charge on any atom is -0.318 e. The number of aryl methyl sites for hydroxylation is 1. The van der Waals surface area contributed by atoms with Crippen LogP contribution < -0.4 is 5.43 Å². The molecule has 3 aromatic rings. The Kier molecular flexibility index (Phi) is 7.53. The maximum atomic E-state index is 12.3. The van der Waals surface area contributed by atoms with E-state index in [1.54, 1.807) is 24.4 Å². The molecule has 8 heteroatoms. The summed E-state index contributed by atoms with van der Waals surface area (Å²) >= 11 is 19.5. The fourth-order valence-corrected chi connectivity index (χ4v) is 4.25. The van der Waals surface area contributed by atoms with Crippen molar-refractivity contribution in [1.29, 1.82) is 0 Å². The molecule has 1 N–H and O–H groups in total. The zero-order chi connectivity index (χ0) is 21.8. The Morgan fingerprint density at radius 3 is 2.43 bits per heavy atom. The van der Waals surface area contributed by atoms with Crippen LogP contribution in [-0.2, 0) is 4.79 Å². The van der Waals surface area contributed by atoms with Crippen molar-refractivity contribution >= 4 is 58.7 Å². The van der Waals surface area contributed by atoms with Gasteiger partial charge in [0.2, 0.25) is 0 Å². The van der Waals surface area contributed by atoms with Gasteiger partial charge in [-0.15, -0.1) is 11.8 Å². The van der Waals surface area contributed by atoms with Crippen LogP contribution >= 0.6 is 46.6 Å². The highest BCUT2D eigenvalue weighted by molar-refractivity contribution is 8.00. The second kappa shape index (κ2) is 9.92. The standard InChI is InChI=1S/C22H20Cl3N3OS/c1-13-10-16(14(2)28(13)18-6-9-20(24)21(25)11-18)12-26-27-22(29)15(3)30-19-7-4-17(23)5-8-19/h4-12,15H,1-3H3,(H,27,29)/b26-12+. The molecule has 0 aliphatic heterocycles. The van der Waals surface area contributed by atoms with Gasteiger partial charge in [-0.25, -0.2) is 5.43 Å². The molecule has 0 saturated heterocycles. The van der Waals surface area contributed by atoms with E-state index in [9.17, 15) is 4.79 Å². The predicted molar refractivity (Wildman–Crippen MR) is 128 cm³/mol. The zero-order valence-corrected chi connectivity index (χ0v) is 19.7. The Bertz CT molecular complexity index is 1090. The first-order valence-electron chi connectivity index (χ1n) is 9.15. The van der Waals surface area contributed by atoms with Crippen molar-refractivity contribution in [2.24, 2.45) is 5.10 Å². The molecule has 3 rings (SSSR count). The number of hydrogen-bond acceptors (Lipinski definition) is 3. The van der Waals surface area contributed by atoms with Gasteiger partial charge in [0.05, 0.1) is 21.5 Å². The van der Waals surface area contributed by atoms with Crippen LogP contribution in [-0.4, -0.2) is 21.9 Å². The minimum atomic E-state index is -0.299.